The number of esters is 1. The second-order valence-electron chi connectivity index (χ2n) is 5.24. The zero-order chi connectivity index (χ0) is 16.1. The lowest BCUT2D eigenvalue weighted by Crippen LogP contribution is -2.30. The summed E-state index contributed by atoms with van der Waals surface area (Å²) in [6.07, 6.45) is 2.11. The molecule has 1 aromatic carbocycles. The van der Waals surface area contributed by atoms with Crippen molar-refractivity contribution in [2.75, 3.05) is 39.3 Å². The van der Waals surface area contributed by atoms with E-state index >= 15 is 0 Å². The summed E-state index contributed by atoms with van der Waals surface area (Å²) in [5.74, 6) is 0.325. The fraction of sp³-hybridized carbons (Fsp3) is 0.562. The molecule has 1 aliphatic heterocycles. The van der Waals surface area contributed by atoms with Crippen LogP contribution in [0.4, 0.5) is 5.69 Å². The molecule has 1 heterocycles. The number of piperidine rings is 1. The van der Waals surface area contributed by atoms with Crippen molar-refractivity contribution < 1.29 is 24.1 Å². The van der Waals surface area contributed by atoms with E-state index in [-0.39, 0.29) is 0 Å². The van der Waals surface area contributed by atoms with Gasteiger partial charge in [0.05, 0.1) is 27.0 Å². The van der Waals surface area contributed by atoms with Gasteiger partial charge in [0.1, 0.15) is 11.5 Å². The molecule has 1 aliphatic rings. The number of benzene rings is 1. The van der Waals surface area contributed by atoms with Gasteiger partial charge in [-0.05, 0) is 25.3 Å². The predicted molar refractivity (Wildman–Crippen MR) is 82.6 cm³/mol. The third kappa shape index (κ3) is 3.27. The van der Waals surface area contributed by atoms with Crippen LogP contribution in [0.15, 0.2) is 12.1 Å². The Balaban J connectivity index is 2.42. The molecule has 0 radical (unpaired) electrons. The van der Waals surface area contributed by atoms with Crippen molar-refractivity contribution in [2.45, 2.75) is 25.4 Å². The van der Waals surface area contributed by atoms with Gasteiger partial charge in [-0.15, -0.1) is 0 Å². The smallest absolute Gasteiger partial charge is 0.339 e. The highest BCUT2D eigenvalue weighted by Crippen LogP contribution is 2.39. The molecule has 2 rings (SSSR count). The Labute approximate surface area is 130 Å². The summed E-state index contributed by atoms with van der Waals surface area (Å²) in [4.78, 5) is 13.8. The molecule has 1 fully saturated rings. The van der Waals surface area contributed by atoms with Crippen molar-refractivity contribution >= 4 is 11.7 Å². The van der Waals surface area contributed by atoms with E-state index in [1.807, 2.05) is 6.07 Å². The van der Waals surface area contributed by atoms with Crippen molar-refractivity contribution in [3.63, 3.8) is 0 Å². The lowest BCUT2D eigenvalue weighted by atomic mass is 10.0. The van der Waals surface area contributed by atoms with Crippen LogP contribution < -0.4 is 14.4 Å². The van der Waals surface area contributed by atoms with E-state index in [4.69, 9.17) is 9.47 Å². The van der Waals surface area contributed by atoms with Crippen molar-refractivity contribution in [1.82, 2.24) is 0 Å². The fourth-order valence-corrected chi connectivity index (χ4v) is 2.74. The van der Waals surface area contributed by atoms with Crippen LogP contribution in [-0.2, 0) is 9.53 Å². The number of carbonyl (C=O) groups is 1. The third-order valence-corrected chi connectivity index (χ3v) is 3.95. The number of rotatable bonds is 5. The number of nitrogens with zero attached hydrogens (tertiary/aromatic N) is 1. The number of carbonyl (C=O) groups excluding carboxylic acids is 1. The van der Waals surface area contributed by atoms with Crippen LogP contribution in [0.1, 0.15) is 30.9 Å². The Bertz CT molecular complexity index is 526. The number of ether oxygens (including phenoxy) is 3. The Morgan fingerprint density at radius 3 is 2.27 bits per heavy atom. The van der Waals surface area contributed by atoms with Crippen molar-refractivity contribution in [3.05, 3.63) is 17.7 Å². The van der Waals surface area contributed by atoms with Gasteiger partial charge in [-0.25, -0.2) is 4.79 Å². The summed E-state index contributed by atoms with van der Waals surface area (Å²) in [5, 5.41) is 10.1. The first-order valence-electron chi connectivity index (χ1n) is 7.39. The van der Waals surface area contributed by atoms with Gasteiger partial charge in [0.2, 0.25) is 0 Å². The van der Waals surface area contributed by atoms with E-state index in [0.717, 1.165) is 31.6 Å². The Hall–Kier alpha value is -1.95. The molecule has 22 heavy (non-hydrogen) atoms. The maximum absolute atomic E-state index is 11.6. The SMILES string of the molecule is COC(=O)C(O)c1cc(OC)c(N2CCCCC2)cc1OC. The number of hydrogen-bond donors (Lipinski definition) is 1. The van der Waals surface area contributed by atoms with Crippen LogP contribution in [0.2, 0.25) is 0 Å². The monoisotopic (exact) mass is 309 g/mol. The standard InChI is InChI=1S/C16H23NO5/c1-20-13-10-12(17-7-5-4-6-8-17)14(21-2)9-11(13)15(18)16(19)22-3/h9-10,15,18H,4-8H2,1-3H3. The van der Waals surface area contributed by atoms with Gasteiger partial charge >= 0.3 is 5.97 Å². The summed E-state index contributed by atoms with van der Waals surface area (Å²) >= 11 is 0. The summed E-state index contributed by atoms with van der Waals surface area (Å²) in [7, 11) is 4.32. The average molecular weight is 309 g/mol. The van der Waals surface area contributed by atoms with Gasteiger partial charge in [-0.2, -0.15) is 0 Å². The Kier molecular flexibility index (Phi) is 5.49. The highest BCUT2D eigenvalue weighted by molar-refractivity contribution is 5.78. The van der Waals surface area contributed by atoms with Crippen LogP contribution in [-0.4, -0.2) is 45.5 Å². The molecule has 0 spiro atoms. The van der Waals surface area contributed by atoms with E-state index in [9.17, 15) is 9.90 Å². The molecule has 6 heteroatoms. The Morgan fingerprint density at radius 1 is 1.09 bits per heavy atom. The molecular formula is C16H23NO5. The second kappa shape index (κ2) is 7.35. The van der Waals surface area contributed by atoms with Gasteiger partial charge in [0, 0.05) is 24.7 Å². The summed E-state index contributed by atoms with van der Waals surface area (Å²) in [6, 6.07) is 3.45. The molecule has 122 valence electrons. The summed E-state index contributed by atoms with van der Waals surface area (Å²) in [6.45, 7) is 1.91. The van der Waals surface area contributed by atoms with E-state index in [0.29, 0.717) is 17.1 Å². The minimum absolute atomic E-state index is 0.340. The number of aliphatic hydroxyl groups is 1. The van der Waals surface area contributed by atoms with Crippen molar-refractivity contribution in [2.24, 2.45) is 0 Å². The first-order valence-corrected chi connectivity index (χ1v) is 7.39. The molecule has 1 aromatic rings. The van der Waals surface area contributed by atoms with Crippen LogP contribution in [0.3, 0.4) is 0 Å². The van der Waals surface area contributed by atoms with Crippen molar-refractivity contribution in [3.8, 4) is 11.5 Å². The molecule has 1 saturated heterocycles. The van der Waals surface area contributed by atoms with Gasteiger partial charge in [0.15, 0.2) is 6.10 Å². The lowest BCUT2D eigenvalue weighted by Gasteiger charge is -2.31. The molecule has 0 bridgehead atoms. The topological polar surface area (TPSA) is 68.2 Å². The minimum atomic E-state index is -1.40. The normalized spacial score (nSPS) is 16.1. The largest absolute Gasteiger partial charge is 0.496 e. The molecule has 1 N–H and O–H groups in total. The number of aliphatic hydroxyl groups excluding tert-OH is 1. The van der Waals surface area contributed by atoms with Gasteiger partial charge < -0.3 is 24.2 Å². The molecule has 1 atom stereocenters. The van der Waals surface area contributed by atoms with Gasteiger partial charge in [-0.3, -0.25) is 0 Å². The second-order valence-corrected chi connectivity index (χ2v) is 5.24. The molecule has 0 aromatic heterocycles. The summed E-state index contributed by atoms with van der Waals surface area (Å²) in [5.41, 5.74) is 1.26. The van der Waals surface area contributed by atoms with Crippen molar-refractivity contribution in [1.29, 1.82) is 0 Å². The molecule has 0 saturated carbocycles. The lowest BCUT2D eigenvalue weighted by molar-refractivity contribution is -0.150. The molecular weight excluding hydrogens is 286 g/mol. The average Bonchev–Trinajstić information content (AvgIpc) is 2.59. The quantitative estimate of drug-likeness (QED) is 0.838. The zero-order valence-electron chi connectivity index (χ0n) is 13.3. The third-order valence-electron chi connectivity index (χ3n) is 3.95. The van der Waals surface area contributed by atoms with Crippen LogP contribution >= 0.6 is 0 Å². The highest BCUT2D eigenvalue weighted by Gasteiger charge is 2.26. The molecule has 1 unspecified atom stereocenters. The van der Waals surface area contributed by atoms with Crippen LogP contribution in [0, 0.1) is 0 Å². The van der Waals surface area contributed by atoms with E-state index in [1.54, 1.807) is 13.2 Å². The van der Waals surface area contributed by atoms with Gasteiger partial charge in [0.25, 0.3) is 0 Å². The highest BCUT2D eigenvalue weighted by atomic mass is 16.5. The maximum Gasteiger partial charge on any atom is 0.339 e. The summed E-state index contributed by atoms with van der Waals surface area (Å²) < 4.78 is 15.4. The fourth-order valence-electron chi connectivity index (χ4n) is 2.74. The van der Waals surface area contributed by atoms with Crippen LogP contribution in [0.5, 0.6) is 11.5 Å². The van der Waals surface area contributed by atoms with E-state index in [2.05, 4.69) is 9.64 Å². The number of anilines is 1. The first-order chi connectivity index (χ1) is 10.6. The predicted octanol–water partition coefficient (Wildman–Crippen LogP) is 1.90. The van der Waals surface area contributed by atoms with Gasteiger partial charge in [-0.1, -0.05) is 0 Å². The maximum atomic E-state index is 11.6. The van der Waals surface area contributed by atoms with Crippen LogP contribution in [0.25, 0.3) is 0 Å². The van der Waals surface area contributed by atoms with E-state index in [1.165, 1.54) is 20.6 Å². The number of hydrogen-bond acceptors (Lipinski definition) is 6. The zero-order valence-corrected chi connectivity index (χ0v) is 13.3. The number of methoxy groups -OCH3 is 3. The minimum Gasteiger partial charge on any atom is -0.496 e. The van der Waals surface area contributed by atoms with E-state index < -0.39 is 12.1 Å². The molecule has 0 amide bonds. The first kappa shape index (κ1) is 16.4. The Morgan fingerprint density at radius 2 is 1.73 bits per heavy atom. The molecule has 0 aliphatic carbocycles. The molecule has 6 nitrogen and oxygen atoms in total.